The maximum Gasteiger partial charge on any atom is 0.182 e. The number of tetrazole rings is 1. The lowest BCUT2D eigenvalue weighted by Crippen LogP contribution is -2.47. The first kappa shape index (κ1) is 17.7. The van der Waals surface area contributed by atoms with E-state index < -0.39 is 0 Å². The van der Waals surface area contributed by atoms with Gasteiger partial charge in [0.2, 0.25) is 0 Å². The van der Waals surface area contributed by atoms with Gasteiger partial charge in [-0.25, -0.2) is 0 Å². The highest BCUT2D eigenvalue weighted by molar-refractivity contribution is 5.51. The zero-order chi connectivity index (χ0) is 18.9. The van der Waals surface area contributed by atoms with Gasteiger partial charge in [0.25, 0.3) is 0 Å². The molecule has 0 bridgehead atoms. The van der Waals surface area contributed by atoms with Gasteiger partial charge in [-0.2, -0.15) is 4.68 Å². The Bertz CT molecular complexity index is 889. The first-order valence-electron chi connectivity index (χ1n) is 9.78. The summed E-state index contributed by atoms with van der Waals surface area (Å²) >= 11 is 0. The maximum atomic E-state index is 4.58. The summed E-state index contributed by atoms with van der Waals surface area (Å²) in [4.78, 5) is 2.39. The van der Waals surface area contributed by atoms with Crippen LogP contribution in [0.3, 0.4) is 0 Å². The van der Waals surface area contributed by atoms with Gasteiger partial charge in [0, 0.05) is 12.7 Å². The van der Waals surface area contributed by atoms with E-state index in [1.165, 1.54) is 36.1 Å². The summed E-state index contributed by atoms with van der Waals surface area (Å²) in [5.41, 5.74) is 4.49. The van der Waals surface area contributed by atoms with Crippen LogP contribution in [-0.4, -0.2) is 27.3 Å². The van der Waals surface area contributed by atoms with Crippen LogP contribution < -0.4 is 4.90 Å². The lowest BCUT2D eigenvalue weighted by atomic mass is 9.79. The van der Waals surface area contributed by atoms with E-state index in [9.17, 15) is 0 Å². The molecule has 0 aliphatic heterocycles. The van der Waals surface area contributed by atoms with Crippen molar-refractivity contribution in [2.75, 3.05) is 11.9 Å². The highest BCUT2D eigenvalue weighted by Crippen LogP contribution is 2.43. The van der Waals surface area contributed by atoms with Crippen molar-refractivity contribution in [3.63, 3.8) is 0 Å². The highest BCUT2D eigenvalue weighted by atomic mass is 15.6. The van der Waals surface area contributed by atoms with Crippen LogP contribution >= 0.6 is 0 Å². The summed E-state index contributed by atoms with van der Waals surface area (Å²) in [7, 11) is 2.18. The first-order valence-corrected chi connectivity index (χ1v) is 9.78. The average molecular weight is 361 g/mol. The number of hydrogen-bond acceptors (Lipinski definition) is 4. The van der Waals surface area contributed by atoms with E-state index in [0.29, 0.717) is 0 Å². The van der Waals surface area contributed by atoms with E-state index in [1.807, 2.05) is 4.68 Å². The molecule has 5 heteroatoms. The second-order valence-corrected chi connectivity index (χ2v) is 7.64. The molecule has 0 radical (unpaired) electrons. The SMILES string of the molecule is Cc1cccc(C)c1-n1nnnc1C1(N(C)c2ccccc2)CCCCC1. The Morgan fingerprint density at radius 2 is 1.56 bits per heavy atom. The van der Waals surface area contributed by atoms with Crippen molar-refractivity contribution < 1.29 is 0 Å². The van der Waals surface area contributed by atoms with Gasteiger partial charge in [0.05, 0.1) is 5.69 Å². The number of nitrogens with zero attached hydrogens (tertiary/aromatic N) is 5. The van der Waals surface area contributed by atoms with Crippen LogP contribution in [0, 0.1) is 13.8 Å². The molecular formula is C22H27N5. The van der Waals surface area contributed by atoms with Crippen molar-refractivity contribution in [2.24, 2.45) is 0 Å². The Kier molecular flexibility index (Phi) is 4.68. The van der Waals surface area contributed by atoms with Crippen LogP contribution in [0.2, 0.25) is 0 Å². The van der Waals surface area contributed by atoms with Crippen LogP contribution in [-0.2, 0) is 5.54 Å². The third-order valence-corrected chi connectivity index (χ3v) is 6.00. The molecule has 5 nitrogen and oxygen atoms in total. The molecule has 3 aromatic rings. The molecule has 0 saturated heterocycles. The molecule has 1 aromatic heterocycles. The topological polar surface area (TPSA) is 46.8 Å². The average Bonchev–Trinajstić information content (AvgIpc) is 3.18. The van der Waals surface area contributed by atoms with E-state index in [0.717, 1.165) is 24.4 Å². The Morgan fingerprint density at radius 3 is 2.22 bits per heavy atom. The van der Waals surface area contributed by atoms with Gasteiger partial charge in [-0.1, -0.05) is 55.7 Å². The van der Waals surface area contributed by atoms with E-state index in [-0.39, 0.29) is 5.54 Å². The van der Waals surface area contributed by atoms with E-state index >= 15 is 0 Å². The van der Waals surface area contributed by atoms with Gasteiger partial charge in [0.15, 0.2) is 5.82 Å². The summed E-state index contributed by atoms with van der Waals surface area (Å²) in [6, 6.07) is 16.9. The Hall–Kier alpha value is -2.69. The van der Waals surface area contributed by atoms with E-state index in [1.54, 1.807) is 0 Å². The molecule has 0 atom stereocenters. The Labute approximate surface area is 161 Å². The smallest absolute Gasteiger partial charge is 0.182 e. The standard InChI is InChI=1S/C22H27N5/c1-17-11-10-12-18(2)20(17)27-21(23-24-25-27)22(15-8-5-9-16-22)26(3)19-13-6-4-7-14-19/h4,6-7,10-14H,5,8-9,15-16H2,1-3H3. The molecular weight excluding hydrogens is 334 g/mol. The van der Waals surface area contributed by atoms with Crippen LogP contribution in [0.1, 0.15) is 49.1 Å². The number of aryl methyl sites for hydroxylation is 2. The number of para-hydroxylation sites is 2. The Morgan fingerprint density at radius 1 is 0.889 bits per heavy atom. The first-order chi connectivity index (χ1) is 13.1. The normalized spacial score (nSPS) is 16.3. The number of rotatable bonds is 4. The molecule has 0 spiro atoms. The number of hydrogen-bond donors (Lipinski definition) is 0. The minimum Gasteiger partial charge on any atom is -0.362 e. The summed E-state index contributed by atoms with van der Waals surface area (Å²) < 4.78 is 1.98. The molecule has 2 aromatic carbocycles. The highest BCUT2D eigenvalue weighted by Gasteiger charge is 2.43. The lowest BCUT2D eigenvalue weighted by Gasteiger charge is -2.44. The van der Waals surface area contributed by atoms with E-state index in [4.69, 9.17) is 0 Å². The molecule has 1 aliphatic carbocycles. The second kappa shape index (κ2) is 7.14. The van der Waals surface area contributed by atoms with Crippen LogP contribution in [0.4, 0.5) is 5.69 Å². The molecule has 27 heavy (non-hydrogen) atoms. The van der Waals surface area contributed by atoms with Crippen molar-refractivity contribution in [3.05, 3.63) is 65.5 Å². The van der Waals surface area contributed by atoms with Gasteiger partial charge in [-0.15, -0.1) is 5.10 Å². The third kappa shape index (κ3) is 3.01. The van der Waals surface area contributed by atoms with Crippen molar-refractivity contribution in [1.82, 2.24) is 20.2 Å². The zero-order valence-electron chi connectivity index (χ0n) is 16.4. The van der Waals surface area contributed by atoms with Crippen LogP contribution in [0.15, 0.2) is 48.5 Å². The van der Waals surface area contributed by atoms with Crippen molar-refractivity contribution in [2.45, 2.75) is 51.5 Å². The molecule has 1 aliphatic rings. The van der Waals surface area contributed by atoms with Gasteiger partial charge >= 0.3 is 0 Å². The summed E-state index contributed by atoms with van der Waals surface area (Å²) in [5.74, 6) is 0.950. The molecule has 1 heterocycles. The van der Waals surface area contributed by atoms with Crippen molar-refractivity contribution >= 4 is 5.69 Å². The minimum absolute atomic E-state index is 0.197. The largest absolute Gasteiger partial charge is 0.362 e. The molecule has 1 saturated carbocycles. The fourth-order valence-corrected chi connectivity index (χ4v) is 4.51. The molecule has 0 N–H and O–H groups in total. The molecule has 0 unspecified atom stereocenters. The lowest BCUT2D eigenvalue weighted by molar-refractivity contribution is 0.269. The predicted octanol–water partition coefficient (Wildman–Crippen LogP) is 4.57. The van der Waals surface area contributed by atoms with Gasteiger partial charge < -0.3 is 4.90 Å². The summed E-state index contributed by atoms with van der Waals surface area (Å²) in [5, 5.41) is 13.1. The number of benzene rings is 2. The third-order valence-electron chi connectivity index (χ3n) is 6.00. The molecule has 1 fully saturated rings. The minimum atomic E-state index is -0.197. The monoisotopic (exact) mass is 361 g/mol. The number of aromatic nitrogens is 4. The molecule has 0 amide bonds. The quantitative estimate of drug-likeness (QED) is 0.683. The summed E-state index contributed by atoms with van der Waals surface area (Å²) in [6.07, 6.45) is 5.77. The number of anilines is 1. The summed E-state index contributed by atoms with van der Waals surface area (Å²) in [6.45, 7) is 4.25. The second-order valence-electron chi connectivity index (χ2n) is 7.64. The van der Waals surface area contributed by atoms with Crippen molar-refractivity contribution in [3.8, 4) is 5.69 Å². The predicted molar refractivity (Wildman–Crippen MR) is 108 cm³/mol. The van der Waals surface area contributed by atoms with Gasteiger partial charge in [-0.3, -0.25) is 0 Å². The fraction of sp³-hybridized carbons (Fsp3) is 0.409. The zero-order valence-corrected chi connectivity index (χ0v) is 16.4. The van der Waals surface area contributed by atoms with Crippen LogP contribution in [0.25, 0.3) is 5.69 Å². The van der Waals surface area contributed by atoms with Crippen LogP contribution in [0.5, 0.6) is 0 Å². The van der Waals surface area contributed by atoms with E-state index in [2.05, 4.69) is 89.9 Å². The van der Waals surface area contributed by atoms with Crippen molar-refractivity contribution in [1.29, 1.82) is 0 Å². The fourth-order valence-electron chi connectivity index (χ4n) is 4.51. The molecule has 140 valence electrons. The molecule has 4 rings (SSSR count). The maximum absolute atomic E-state index is 4.58. The van der Waals surface area contributed by atoms with Gasteiger partial charge in [0.1, 0.15) is 5.54 Å². The van der Waals surface area contributed by atoms with Gasteiger partial charge in [-0.05, 0) is 60.4 Å². The Balaban J connectivity index is 1.88.